The van der Waals surface area contributed by atoms with Crippen LogP contribution in [0.3, 0.4) is 0 Å². The Morgan fingerprint density at radius 2 is 1.47 bits per heavy atom. The zero-order valence-electron chi connectivity index (χ0n) is 18.6. The number of anilines is 1. The molecule has 0 atom stereocenters. The number of fused-ring (bicyclic) bond motifs is 1. The highest BCUT2D eigenvalue weighted by Gasteiger charge is 2.48. The predicted molar refractivity (Wildman–Crippen MR) is 120 cm³/mol. The van der Waals surface area contributed by atoms with Crippen molar-refractivity contribution in [3.63, 3.8) is 0 Å². The molecule has 0 unspecified atom stereocenters. The minimum atomic E-state index is -1.01. The van der Waals surface area contributed by atoms with Crippen LogP contribution in [0.25, 0.3) is 0 Å². The van der Waals surface area contributed by atoms with Gasteiger partial charge in [0.25, 0.3) is 11.8 Å². The molecule has 2 aromatic rings. The first kappa shape index (κ1) is 21.7. The molecular weight excluding hydrogens is 406 g/mol. The van der Waals surface area contributed by atoms with Crippen LogP contribution in [0.1, 0.15) is 57.5 Å². The van der Waals surface area contributed by atoms with Crippen LogP contribution in [0.15, 0.2) is 42.5 Å². The fourth-order valence-electron chi connectivity index (χ4n) is 4.78. The van der Waals surface area contributed by atoms with Crippen molar-refractivity contribution in [2.75, 3.05) is 18.9 Å². The Hall–Kier alpha value is -3.48. The zero-order chi connectivity index (χ0) is 23.0. The van der Waals surface area contributed by atoms with Gasteiger partial charge in [0.15, 0.2) is 0 Å². The second-order valence-electron chi connectivity index (χ2n) is 8.65. The van der Waals surface area contributed by atoms with E-state index in [0.717, 1.165) is 34.6 Å². The number of rotatable bonds is 5. The Morgan fingerprint density at radius 3 is 2.00 bits per heavy atom. The van der Waals surface area contributed by atoms with E-state index in [9.17, 15) is 19.2 Å². The number of likely N-dealkylation sites (N-methyl/N-ethyl adjacent to an activating group) is 1. The van der Waals surface area contributed by atoms with Gasteiger partial charge in [0, 0.05) is 12.7 Å². The van der Waals surface area contributed by atoms with Gasteiger partial charge in [-0.15, -0.1) is 0 Å². The summed E-state index contributed by atoms with van der Waals surface area (Å²) in [4.78, 5) is 54.5. The van der Waals surface area contributed by atoms with E-state index in [1.54, 1.807) is 31.3 Å². The van der Waals surface area contributed by atoms with Gasteiger partial charge in [0.2, 0.25) is 11.8 Å². The molecule has 4 amide bonds. The van der Waals surface area contributed by atoms with Gasteiger partial charge in [0.1, 0.15) is 12.1 Å². The quantitative estimate of drug-likeness (QED) is 0.733. The molecule has 2 aromatic carbocycles. The fraction of sp³-hybridized carbons (Fsp3) is 0.360. The lowest BCUT2D eigenvalue weighted by Crippen LogP contribution is -2.58. The van der Waals surface area contributed by atoms with Crippen molar-refractivity contribution < 1.29 is 19.2 Å². The molecule has 7 nitrogen and oxygen atoms in total. The Bertz CT molecular complexity index is 1060. The van der Waals surface area contributed by atoms with Crippen LogP contribution in [0.5, 0.6) is 0 Å². The van der Waals surface area contributed by atoms with Crippen LogP contribution < -0.4 is 5.32 Å². The standard InChI is InChI=1S/C25H27N3O4/c1-16-9-8-10-17(2)21(16)26-24(32)25(13-6-7-14-25)27(3)20(29)15-28-22(30)18-11-4-5-12-19(18)23(28)31/h4-5,8-12H,6-7,13-15H2,1-3H3,(H,26,32). The first-order valence-corrected chi connectivity index (χ1v) is 10.9. The first-order chi connectivity index (χ1) is 15.3. The highest BCUT2D eigenvalue weighted by Crippen LogP contribution is 2.37. The summed E-state index contributed by atoms with van der Waals surface area (Å²) in [5.74, 6) is -1.62. The maximum Gasteiger partial charge on any atom is 0.262 e. The molecule has 1 fully saturated rings. The SMILES string of the molecule is Cc1cccc(C)c1NC(=O)C1(N(C)C(=O)CN2C(=O)c3ccccc3C2=O)CCCC1. The van der Waals surface area contributed by atoms with Gasteiger partial charge >= 0.3 is 0 Å². The molecular formula is C25H27N3O4. The monoisotopic (exact) mass is 433 g/mol. The van der Waals surface area contributed by atoms with E-state index in [0.29, 0.717) is 24.0 Å². The number of benzene rings is 2. The topological polar surface area (TPSA) is 86.8 Å². The number of hydrogen-bond acceptors (Lipinski definition) is 4. The zero-order valence-corrected chi connectivity index (χ0v) is 18.6. The van der Waals surface area contributed by atoms with E-state index in [-0.39, 0.29) is 12.5 Å². The molecule has 1 saturated carbocycles. The summed E-state index contributed by atoms with van der Waals surface area (Å²) in [6.07, 6.45) is 2.72. The maximum absolute atomic E-state index is 13.5. The molecule has 7 heteroatoms. The Kier molecular flexibility index (Phi) is 5.59. The summed E-state index contributed by atoms with van der Waals surface area (Å²) in [6.45, 7) is 3.48. The number of amides is 4. The number of nitrogens with one attached hydrogen (secondary N) is 1. The molecule has 0 aromatic heterocycles. The summed E-state index contributed by atoms with van der Waals surface area (Å²) >= 11 is 0. The minimum Gasteiger partial charge on any atom is -0.329 e. The summed E-state index contributed by atoms with van der Waals surface area (Å²) in [7, 11) is 1.59. The van der Waals surface area contributed by atoms with E-state index in [1.165, 1.54) is 4.90 Å². The van der Waals surface area contributed by atoms with E-state index < -0.39 is 23.3 Å². The smallest absolute Gasteiger partial charge is 0.262 e. The molecule has 4 rings (SSSR count). The fourth-order valence-corrected chi connectivity index (χ4v) is 4.78. The van der Waals surface area contributed by atoms with Gasteiger partial charge in [-0.05, 0) is 49.9 Å². The van der Waals surface area contributed by atoms with Crippen LogP contribution in [0, 0.1) is 13.8 Å². The van der Waals surface area contributed by atoms with Crippen LogP contribution in [-0.4, -0.2) is 52.6 Å². The number of imide groups is 1. The lowest BCUT2D eigenvalue weighted by molar-refractivity contribution is -0.143. The van der Waals surface area contributed by atoms with Gasteiger partial charge in [-0.2, -0.15) is 0 Å². The van der Waals surface area contributed by atoms with Crippen molar-refractivity contribution in [1.29, 1.82) is 0 Å². The molecule has 32 heavy (non-hydrogen) atoms. The first-order valence-electron chi connectivity index (χ1n) is 10.9. The molecule has 0 radical (unpaired) electrons. The highest BCUT2D eigenvalue weighted by atomic mass is 16.2. The second kappa shape index (κ2) is 8.22. The van der Waals surface area contributed by atoms with Crippen LogP contribution in [0.2, 0.25) is 0 Å². The van der Waals surface area contributed by atoms with Gasteiger partial charge in [-0.1, -0.05) is 43.2 Å². The van der Waals surface area contributed by atoms with Crippen molar-refractivity contribution >= 4 is 29.3 Å². The van der Waals surface area contributed by atoms with E-state index in [1.807, 2.05) is 32.0 Å². The maximum atomic E-state index is 13.5. The molecule has 1 aliphatic heterocycles. The highest BCUT2D eigenvalue weighted by molar-refractivity contribution is 6.22. The number of nitrogens with zero attached hydrogens (tertiary/aromatic N) is 2. The number of carbonyl (C=O) groups excluding carboxylic acids is 4. The normalized spacial score (nSPS) is 16.8. The number of hydrogen-bond donors (Lipinski definition) is 1. The minimum absolute atomic E-state index is 0.231. The van der Waals surface area contributed by atoms with Crippen molar-refractivity contribution in [2.45, 2.75) is 45.1 Å². The average Bonchev–Trinajstić information content (AvgIpc) is 3.37. The molecule has 0 saturated heterocycles. The largest absolute Gasteiger partial charge is 0.329 e. The number of aryl methyl sites for hydroxylation is 2. The van der Waals surface area contributed by atoms with Gasteiger partial charge in [-0.3, -0.25) is 24.1 Å². The van der Waals surface area contributed by atoms with Crippen LogP contribution in [-0.2, 0) is 9.59 Å². The molecule has 1 aliphatic carbocycles. The Morgan fingerprint density at radius 1 is 0.938 bits per heavy atom. The van der Waals surface area contributed by atoms with Crippen molar-refractivity contribution in [3.8, 4) is 0 Å². The summed E-state index contributed by atoms with van der Waals surface area (Å²) < 4.78 is 0. The predicted octanol–water partition coefficient (Wildman–Crippen LogP) is 3.31. The molecule has 0 spiro atoms. The van der Waals surface area contributed by atoms with Gasteiger partial charge < -0.3 is 10.2 Å². The Labute approximate surface area is 187 Å². The third kappa shape index (κ3) is 3.47. The van der Waals surface area contributed by atoms with E-state index in [2.05, 4.69) is 5.32 Å². The van der Waals surface area contributed by atoms with Gasteiger partial charge in [0.05, 0.1) is 11.1 Å². The summed E-state index contributed by atoms with van der Waals surface area (Å²) in [5.41, 5.74) is 2.25. The van der Waals surface area contributed by atoms with Crippen LogP contribution in [0.4, 0.5) is 5.69 Å². The lowest BCUT2D eigenvalue weighted by Gasteiger charge is -2.38. The third-order valence-electron chi connectivity index (χ3n) is 6.76. The third-order valence-corrected chi connectivity index (χ3v) is 6.76. The number of carbonyl (C=O) groups is 4. The number of para-hydroxylation sites is 1. The van der Waals surface area contributed by atoms with E-state index >= 15 is 0 Å². The molecule has 166 valence electrons. The molecule has 0 bridgehead atoms. The summed E-state index contributed by atoms with van der Waals surface area (Å²) in [6, 6.07) is 12.3. The Balaban J connectivity index is 1.55. The van der Waals surface area contributed by atoms with Crippen molar-refractivity contribution in [2.24, 2.45) is 0 Å². The molecule has 1 heterocycles. The van der Waals surface area contributed by atoms with Crippen molar-refractivity contribution in [1.82, 2.24) is 9.80 Å². The summed E-state index contributed by atoms with van der Waals surface area (Å²) in [5, 5.41) is 3.04. The lowest BCUT2D eigenvalue weighted by atomic mass is 9.93. The van der Waals surface area contributed by atoms with Gasteiger partial charge in [-0.25, -0.2) is 0 Å². The average molecular weight is 434 g/mol. The van der Waals surface area contributed by atoms with Crippen LogP contribution >= 0.6 is 0 Å². The van der Waals surface area contributed by atoms with Crippen molar-refractivity contribution in [3.05, 3.63) is 64.7 Å². The molecule has 2 aliphatic rings. The molecule has 1 N–H and O–H groups in total. The second-order valence-corrected chi connectivity index (χ2v) is 8.65. The van der Waals surface area contributed by atoms with E-state index in [4.69, 9.17) is 0 Å².